The van der Waals surface area contributed by atoms with E-state index in [0.29, 0.717) is 17.8 Å². The SMILES string of the molecule is CS(=O)(=O)O[C@@H]1[C@@H](OS(C)(=O)=O)[C@H](SC23CC4CC(CC(C4)C2)C3)O[C@@H]2COC(c3ccccc3)O[C@@H]12. The van der Waals surface area contributed by atoms with Crippen LogP contribution in [0.3, 0.4) is 0 Å². The third-order valence-corrected chi connectivity index (χ3v) is 11.0. The molecule has 0 N–H and O–H groups in total. The minimum absolute atomic E-state index is 0.0377. The summed E-state index contributed by atoms with van der Waals surface area (Å²) in [6, 6.07) is 9.26. The molecule has 7 rings (SSSR count). The molecule has 6 aliphatic rings. The van der Waals surface area contributed by atoms with Gasteiger partial charge in [-0.25, -0.2) is 0 Å². The van der Waals surface area contributed by atoms with Crippen LogP contribution in [0.1, 0.15) is 50.4 Å². The molecule has 0 amide bonds. The molecule has 2 heterocycles. The Labute approximate surface area is 223 Å². The molecule has 12 heteroatoms. The molecule has 6 atom stereocenters. The lowest BCUT2D eigenvalue weighted by atomic mass is 9.56. The van der Waals surface area contributed by atoms with Crippen molar-refractivity contribution >= 4 is 32.0 Å². The molecule has 4 saturated carbocycles. The molecule has 0 aromatic heterocycles. The number of fused-ring (bicyclic) bond motifs is 1. The summed E-state index contributed by atoms with van der Waals surface area (Å²) in [6.07, 6.45) is 4.14. The molecule has 9 nitrogen and oxygen atoms in total. The predicted octanol–water partition coefficient (Wildman–Crippen LogP) is 3.22. The van der Waals surface area contributed by atoms with E-state index in [-0.39, 0.29) is 11.4 Å². The average Bonchev–Trinajstić information content (AvgIpc) is 2.79. The zero-order valence-electron chi connectivity index (χ0n) is 20.9. The van der Waals surface area contributed by atoms with Gasteiger partial charge in [-0.1, -0.05) is 30.3 Å². The van der Waals surface area contributed by atoms with Gasteiger partial charge in [0.05, 0.1) is 19.1 Å². The molecule has 2 saturated heterocycles. The van der Waals surface area contributed by atoms with Gasteiger partial charge in [-0.15, -0.1) is 11.8 Å². The molecule has 1 unspecified atom stereocenters. The van der Waals surface area contributed by atoms with Gasteiger partial charge in [0.15, 0.2) is 6.29 Å². The zero-order valence-corrected chi connectivity index (χ0v) is 23.4. The van der Waals surface area contributed by atoms with E-state index in [1.807, 2.05) is 30.3 Å². The van der Waals surface area contributed by atoms with Crippen LogP contribution in [-0.4, -0.2) is 70.6 Å². The van der Waals surface area contributed by atoms with Crippen LogP contribution in [0.2, 0.25) is 0 Å². The molecule has 0 radical (unpaired) electrons. The maximum atomic E-state index is 12.4. The summed E-state index contributed by atoms with van der Waals surface area (Å²) in [5.41, 5.74) is 0.00385. The molecule has 4 aliphatic carbocycles. The standard InChI is InChI=1S/C25H34O9S3/c1-36(26,27)33-21-20-19(14-30-23(32-20)18-6-4-3-5-7-18)31-24(22(21)34-37(2,28)29)35-25-11-15-8-16(12-25)10-17(9-15)13-25/h3-7,15-17,19-24H,8-14H2,1-2H3/t15?,16?,17?,19-,20-,21+,22-,23?,24+,25?/m1/s1. The van der Waals surface area contributed by atoms with Crippen LogP contribution in [0.25, 0.3) is 0 Å². The summed E-state index contributed by atoms with van der Waals surface area (Å²) in [5.74, 6) is 2.04. The normalized spacial score (nSPS) is 43.5. The highest BCUT2D eigenvalue weighted by atomic mass is 32.2. The molecule has 37 heavy (non-hydrogen) atoms. The van der Waals surface area contributed by atoms with Gasteiger partial charge >= 0.3 is 0 Å². The van der Waals surface area contributed by atoms with Gasteiger partial charge in [-0.2, -0.15) is 16.8 Å². The second-order valence-corrected chi connectivity index (χ2v) is 16.2. The summed E-state index contributed by atoms with van der Waals surface area (Å²) in [5, 5.41) is 0. The van der Waals surface area contributed by atoms with Crippen molar-refractivity contribution < 1.29 is 39.4 Å². The summed E-state index contributed by atoms with van der Waals surface area (Å²) in [6.45, 7) is 0.150. The molecular weight excluding hydrogens is 540 g/mol. The minimum Gasteiger partial charge on any atom is -0.356 e. The second kappa shape index (κ2) is 9.72. The summed E-state index contributed by atoms with van der Waals surface area (Å²) < 4.78 is 79.3. The van der Waals surface area contributed by atoms with E-state index in [4.69, 9.17) is 22.6 Å². The monoisotopic (exact) mass is 574 g/mol. The van der Waals surface area contributed by atoms with Crippen LogP contribution in [0, 0.1) is 17.8 Å². The highest BCUT2D eigenvalue weighted by molar-refractivity contribution is 8.01. The van der Waals surface area contributed by atoms with Gasteiger partial charge in [-0.05, 0) is 56.3 Å². The number of hydrogen-bond acceptors (Lipinski definition) is 10. The van der Waals surface area contributed by atoms with Gasteiger partial charge < -0.3 is 14.2 Å². The molecule has 6 fully saturated rings. The first-order chi connectivity index (χ1) is 17.5. The molecule has 2 aliphatic heterocycles. The molecular formula is C25H34O9S3. The number of hydrogen-bond donors (Lipinski definition) is 0. The van der Waals surface area contributed by atoms with E-state index in [0.717, 1.165) is 37.3 Å². The van der Waals surface area contributed by atoms with E-state index in [9.17, 15) is 16.8 Å². The van der Waals surface area contributed by atoms with Crippen LogP contribution in [0.15, 0.2) is 30.3 Å². The van der Waals surface area contributed by atoms with Crippen molar-refractivity contribution in [2.24, 2.45) is 17.8 Å². The van der Waals surface area contributed by atoms with E-state index >= 15 is 0 Å². The zero-order chi connectivity index (χ0) is 26.0. The van der Waals surface area contributed by atoms with E-state index < -0.39 is 56.4 Å². The molecule has 1 aromatic carbocycles. The number of rotatable bonds is 7. The average molecular weight is 575 g/mol. The van der Waals surface area contributed by atoms with Gasteiger partial charge in [-0.3, -0.25) is 8.37 Å². The highest BCUT2D eigenvalue weighted by Gasteiger charge is 2.58. The van der Waals surface area contributed by atoms with Crippen LogP contribution >= 0.6 is 11.8 Å². The maximum absolute atomic E-state index is 12.4. The van der Waals surface area contributed by atoms with E-state index in [2.05, 4.69) is 0 Å². The summed E-state index contributed by atoms with van der Waals surface area (Å²) in [4.78, 5) is 0. The topological polar surface area (TPSA) is 114 Å². The Balaban J connectivity index is 1.32. The van der Waals surface area contributed by atoms with Crippen molar-refractivity contribution in [3.63, 3.8) is 0 Å². The van der Waals surface area contributed by atoms with Gasteiger partial charge in [0.25, 0.3) is 20.2 Å². The van der Waals surface area contributed by atoms with Crippen LogP contribution in [0.4, 0.5) is 0 Å². The fraction of sp³-hybridized carbons (Fsp3) is 0.760. The van der Waals surface area contributed by atoms with Gasteiger partial charge in [0, 0.05) is 10.3 Å². The Morgan fingerprint density at radius 3 is 1.97 bits per heavy atom. The first kappa shape index (κ1) is 26.5. The first-order valence-electron chi connectivity index (χ1n) is 12.9. The van der Waals surface area contributed by atoms with Crippen molar-refractivity contribution in [1.82, 2.24) is 0 Å². The summed E-state index contributed by atoms with van der Waals surface area (Å²) in [7, 11) is -7.95. The lowest BCUT2D eigenvalue weighted by molar-refractivity contribution is -0.312. The Bertz CT molecular complexity index is 1170. The van der Waals surface area contributed by atoms with Crippen LogP contribution in [0.5, 0.6) is 0 Å². The van der Waals surface area contributed by atoms with Crippen molar-refractivity contribution in [3.05, 3.63) is 35.9 Å². The molecule has 206 valence electrons. The molecule has 0 spiro atoms. The number of ether oxygens (including phenoxy) is 3. The fourth-order valence-electron chi connectivity index (χ4n) is 7.46. The predicted molar refractivity (Wildman–Crippen MR) is 137 cm³/mol. The Morgan fingerprint density at radius 2 is 1.41 bits per heavy atom. The lowest BCUT2D eigenvalue weighted by Gasteiger charge is -2.58. The van der Waals surface area contributed by atoms with Gasteiger partial charge in [0.2, 0.25) is 0 Å². The number of thioether (sulfide) groups is 1. The molecule has 1 aromatic rings. The van der Waals surface area contributed by atoms with Crippen molar-refractivity contribution in [2.75, 3.05) is 19.1 Å². The third kappa shape index (κ3) is 5.77. The second-order valence-electron chi connectivity index (χ2n) is 11.5. The lowest BCUT2D eigenvalue weighted by Crippen LogP contribution is -2.64. The van der Waals surface area contributed by atoms with Crippen molar-refractivity contribution in [2.45, 2.75) is 79.4 Å². The van der Waals surface area contributed by atoms with Crippen LogP contribution in [-0.2, 0) is 42.8 Å². The Morgan fingerprint density at radius 1 is 0.838 bits per heavy atom. The van der Waals surface area contributed by atoms with E-state index in [1.54, 1.807) is 11.8 Å². The highest BCUT2D eigenvalue weighted by Crippen LogP contribution is 2.62. The van der Waals surface area contributed by atoms with Gasteiger partial charge in [0.1, 0.15) is 29.9 Å². The summed E-state index contributed by atoms with van der Waals surface area (Å²) >= 11 is 1.61. The third-order valence-electron chi connectivity index (χ3n) is 8.28. The largest absolute Gasteiger partial charge is 0.356 e. The van der Waals surface area contributed by atoms with E-state index in [1.165, 1.54) is 19.3 Å². The molecule has 4 bridgehead atoms. The quantitative estimate of drug-likeness (QED) is 0.450. The minimum atomic E-state index is -3.98. The first-order valence-corrected chi connectivity index (χ1v) is 17.4. The smallest absolute Gasteiger partial charge is 0.264 e. The maximum Gasteiger partial charge on any atom is 0.264 e. The number of benzene rings is 1. The van der Waals surface area contributed by atoms with Crippen LogP contribution < -0.4 is 0 Å². The Kier molecular flexibility index (Phi) is 6.96. The van der Waals surface area contributed by atoms with Crippen molar-refractivity contribution in [1.29, 1.82) is 0 Å². The van der Waals surface area contributed by atoms with Crippen molar-refractivity contribution in [3.8, 4) is 0 Å². The fourth-order valence-corrected chi connectivity index (χ4v) is 10.8. The Hall–Kier alpha value is -0.730.